The summed E-state index contributed by atoms with van der Waals surface area (Å²) >= 11 is 0. The van der Waals surface area contributed by atoms with Crippen molar-refractivity contribution in [1.82, 2.24) is 0 Å². The molecule has 1 aromatic rings. The van der Waals surface area contributed by atoms with Crippen LogP contribution in [0.2, 0.25) is 0 Å². The second kappa shape index (κ2) is 7.19. The number of carbonyl (C=O) groups is 1. The molecule has 1 saturated heterocycles. The molecule has 0 aliphatic carbocycles. The van der Waals surface area contributed by atoms with Gasteiger partial charge in [-0.3, -0.25) is 0 Å². The van der Waals surface area contributed by atoms with E-state index >= 15 is 0 Å². The summed E-state index contributed by atoms with van der Waals surface area (Å²) in [6, 6.07) is 9.71. The number of carbonyl (C=O) groups excluding carboxylic acids is 1. The second-order valence-corrected chi connectivity index (χ2v) is 5.61. The molecule has 6 nitrogen and oxygen atoms in total. The van der Waals surface area contributed by atoms with Gasteiger partial charge in [0.1, 0.15) is 12.2 Å². The Kier molecular flexibility index (Phi) is 5.52. The monoisotopic (exact) mass is 310 g/mol. The average molecular weight is 310 g/mol. The van der Waals surface area contributed by atoms with Crippen molar-refractivity contribution in [2.24, 2.45) is 0 Å². The summed E-state index contributed by atoms with van der Waals surface area (Å²) in [7, 11) is 1.22. The Balaban J connectivity index is 1.93. The molecule has 3 atom stereocenters. The molecule has 1 N–H and O–H groups in total. The molecule has 1 heterocycles. The van der Waals surface area contributed by atoms with E-state index in [1.54, 1.807) is 13.8 Å². The Bertz CT molecular complexity index is 487. The third kappa shape index (κ3) is 4.27. The van der Waals surface area contributed by atoms with E-state index in [4.69, 9.17) is 14.2 Å². The highest BCUT2D eigenvalue weighted by Crippen LogP contribution is 2.30. The third-order valence-electron chi connectivity index (χ3n) is 3.37. The summed E-state index contributed by atoms with van der Waals surface area (Å²) in [4.78, 5) is 11.5. The van der Waals surface area contributed by atoms with Crippen LogP contribution in [0.15, 0.2) is 30.3 Å². The highest BCUT2D eigenvalue weighted by Gasteiger charge is 2.47. The van der Waals surface area contributed by atoms with E-state index in [0.29, 0.717) is 6.61 Å². The Hall–Kier alpha value is -1.47. The van der Waals surface area contributed by atoms with Crippen molar-refractivity contribution in [2.45, 2.75) is 44.6 Å². The largest absolute Gasteiger partial charge is 0.467 e. The first-order valence-corrected chi connectivity index (χ1v) is 7.16. The van der Waals surface area contributed by atoms with Gasteiger partial charge in [-0.25, -0.2) is 4.79 Å². The molecule has 0 amide bonds. The summed E-state index contributed by atoms with van der Waals surface area (Å²) in [5, 5.41) is 10.0. The molecule has 0 aromatic heterocycles. The molecule has 6 heteroatoms. The molecule has 1 aliphatic heterocycles. The summed E-state index contributed by atoms with van der Waals surface area (Å²) in [6.07, 6.45) is -2.77. The zero-order chi connectivity index (χ0) is 16.2. The fourth-order valence-electron chi connectivity index (χ4n) is 2.38. The number of hydrogen-bond donors (Lipinski definition) is 1. The normalized spacial score (nSPS) is 24.9. The molecule has 0 unspecified atom stereocenters. The number of esters is 1. The van der Waals surface area contributed by atoms with Crippen molar-refractivity contribution >= 4 is 5.97 Å². The van der Waals surface area contributed by atoms with Crippen molar-refractivity contribution in [2.75, 3.05) is 13.7 Å². The summed E-state index contributed by atoms with van der Waals surface area (Å²) in [6.45, 7) is 4.07. The van der Waals surface area contributed by atoms with Gasteiger partial charge in [-0.1, -0.05) is 30.3 Å². The lowest BCUT2D eigenvalue weighted by atomic mass is 10.1. The maximum absolute atomic E-state index is 11.5. The van der Waals surface area contributed by atoms with Crippen LogP contribution >= 0.6 is 0 Å². The second-order valence-electron chi connectivity index (χ2n) is 5.61. The number of rotatable bonds is 6. The molecular formula is C16H22O6. The van der Waals surface area contributed by atoms with Gasteiger partial charge >= 0.3 is 5.97 Å². The van der Waals surface area contributed by atoms with E-state index in [1.807, 2.05) is 30.3 Å². The van der Waals surface area contributed by atoms with Crippen LogP contribution in [0.1, 0.15) is 19.4 Å². The molecular weight excluding hydrogens is 288 g/mol. The van der Waals surface area contributed by atoms with Crippen LogP contribution in [0.4, 0.5) is 0 Å². The standard InChI is InChI=1S/C16H22O6/c1-16(2)21-12(14(22-16)13(17)15(18)19-3)10-20-9-11-7-5-4-6-8-11/h4-8,12-14,17H,9-10H2,1-3H3/t12-,13+,14+/m0/s1. The van der Waals surface area contributed by atoms with E-state index in [0.717, 1.165) is 5.56 Å². The highest BCUT2D eigenvalue weighted by molar-refractivity contribution is 5.75. The van der Waals surface area contributed by atoms with Gasteiger partial charge in [0.25, 0.3) is 0 Å². The van der Waals surface area contributed by atoms with Crippen LogP contribution in [-0.4, -0.2) is 48.9 Å². The van der Waals surface area contributed by atoms with Crippen molar-refractivity contribution in [3.05, 3.63) is 35.9 Å². The minimum absolute atomic E-state index is 0.205. The molecule has 0 saturated carbocycles. The molecule has 2 rings (SSSR count). The van der Waals surface area contributed by atoms with Crippen LogP contribution < -0.4 is 0 Å². The molecule has 0 bridgehead atoms. The number of methoxy groups -OCH3 is 1. The molecule has 1 fully saturated rings. The van der Waals surface area contributed by atoms with Gasteiger partial charge in [-0.2, -0.15) is 0 Å². The maximum atomic E-state index is 11.5. The number of ether oxygens (including phenoxy) is 4. The lowest BCUT2D eigenvalue weighted by Gasteiger charge is -2.20. The Labute approximate surface area is 129 Å². The molecule has 0 radical (unpaired) electrons. The van der Waals surface area contributed by atoms with E-state index in [2.05, 4.69) is 4.74 Å². The van der Waals surface area contributed by atoms with Crippen LogP contribution in [0.25, 0.3) is 0 Å². The quantitative estimate of drug-likeness (QED) is 0.797. The van der Waals surface area contributed by atoms with Crippen LogP contribution in [0, 0.1) is 0 Å². The predicted molar refractivity (Wildman–Crippen MR) is 77.9 cm³/mol. The fraction of sp³-hybridized carbons (Fsp3) is 0.562. The van der Waals surface area contributed by atoms with Gasteiger partial charge in [-0.15, -0.1) is 0 Å². The van der Waals surface area contributed by atoms with Gasteiger partial charge < -0.3 is 24.1 Å². The minimum Gasteiger partial charge on any atom is -0.467 e. The molecule has 122 valence electrons. The van der Waals surface area contributed by atoms with E-state index in [-0.39, 0.29) is 6.61 Å². The van der Waals surface area contributed by atoms with Gasteiger partial charge in [0, 0.05) is 0 Å². The van der Waals surface area contributed by atoms with Crippen molar-refractivity contribution < 1.29 is 28.8 Å². The highest BCUT2D eigenvalue weighted by atomic mass is 16.8. The Morgan fingerprint density at radius 3 is 2.64 bits per heavy atom. The van der Waals surface area contributed by atoms with Crippen LogP contribution in [0.3, 0.4) is 0 Å². The average Bonchev–Trinajstić information content (AvgIpc) is 2.81. The van der Waals surface area contributed by atoms with Crippen LogP contribution in [0.5, 0.6) is 0 Å². The third-order valence-corrected chi connectivity index (χ3v) is 3.37. The van der Waals surface area contributed by atoms with E-state index < -0.39 is 30.1 Å². The minimum atomic E-state index is -1.41. The number of aliphatic hydroxyl groups is 1. The first kappa shape index (κ1) is 16.9. The topological polar surface area (TPSA) is 74.2 Å². The van der Waals surface area contributed by atoms with Crippen LogP contribution in [-0.2, 0) is 30.3 Å². The SMILES string of the molecule is COC(=O)[C@H](O)[C@@H]1OC(C)(C)O[C@H]1COCc1ccccc1. The lowest BCUT2D eigenvalue weighted by molar-refractivity contribution is -0.171. The summed E-state index contributed by atoms with van der Waals surface area (Å²) < 4.78 is 21.5. The van der Waals surface area contributed by atoms with Gasteiger partial charge in [0.2, 0.25) is 0 Å². The maximum Gasteiger partial charge on any atom is 0.337 e. The zero-order valence-electron chi connectivity index (χ0n) is 13.0. The Morgan fingerprint density at radius 2 is 2.00 bits per heavy atom. The number of hydrogen-bond acceptors (Lipinski definition) is 6. The number of aliphatic hydroxyl groups excluding tert-OH is 1. The van der Waals surface area contributed by atoms with Gasteiger partial charge in [0.05, 0.1) is 20.3 Å². The smallest absolute Gasteiger partial charge is 0.337 e. The predicted octanol–water partition coefficient (Wildman–Crippen LogP) is 1.26. The van der Waals surface area contributed by atoms with Crippen molar-refractivity contribution in [1.29, 1.82) is 0 Å². The molecule has 0 spiro atoms. The first-order valence-electron chi connectivity index (χ1n) is 7.16. The van der Waals surface area contributed by atoms with Gasteiger partial charge in [-0.05, 0) is 19.4 Å². The number of benzene rings is 1. The summed E-state index contributed by atoms with van der Waals surface area (Å²) in [5.74, 6) is -1.64. The molecule has 1 aliphatic rings. The Morgan fingerprint density at radius 1 is 1.32 bits per heavy atom. The molecule has 22 heavy (non-hydrogen) atoms. The molecule has 1 aromatic carbocycles. The summed E-state index contributed by atoms with van der Waals surface area (Å²) in [5.41, 5.74) is 1.03. The fourth-order valence-corrected chi connectivity index (χ4v) is 2.38. The van der Waals surface area contributed by atoms with Crippen molar-refractivity contribution in [3.63, 3.8) is 0 Å². The zero-order valence-corrected chi connectivity index (χ0v) is 13.0. The van der Waals surface area contributed by atoms with E-state index in [1.165, 1.54) is 7.11 Å². The first-order chi connectivity index (χ1) is 10.4. The lowest BCUT2D eigenvalue weighted by Crippen LogP contribution is -2.43. The van der Waals surface area contributed by atoms with Crippen molar-refractivity contribution in [3.8, 4) is 0 Å². The van der Waals surface area contributed by atoms with E-state index in [9.17, 15) is 9.90 Å². The van der Waals surface area contributed by atoms with Gasteiger partial charge in [0.15, 0.2) is 11.9 Å².